The Balaban J connectivity index is 3.01. The molecule has 18 heavy (non-hydrogen) atoms. The second kappa shape index (κ2) is 6.23. The van der Waals surface area contributed by atoms with Crippen LogP contribution in [0.3, 0.4) is 0 Å². The summed E-state index contributed by atoms with van der Waals surface area (Å²) >= 11 is 0. The van der Waals surface area contributed by atoms with Crippen molar-refractivity contribution >= 4 is 11.9 Å². The van der Waals surface area contributed by atoms with Gasteiger partial charge in [0.2, 0.25) is 0 Å². The zero-order valence-electron chi connectivity index (χ0n) is 11.3. The van der Waals surface area contributed by atoms with E-state index in [-0.39, 0.29) is 12.4 Å². The summed E-state index contributed by atoms with van der Waals surface area (Å²) in [6.45, 7) is 6.01. The molecule has 1 aromatic heterocycles. The van der Waals surface area contributed by atoms with E-state index in [9.17, 15) is 9.59 Å². The Hall–Kier alpha value is -1.78. The van der Waals surface area contributed by atoms with E-state index in [4.69, 9.17) is 9.47 Å². The number of carbonyl (C=O) groups is 2. The molecule has 0 aliphatic rings. The first-order valence-electron chi connectivity index (χ1n) is 5.99. The molecular weight excluding hydrogens is 234 g/mol. The Kier molecular flexibility index (Phi) is 4.95. The molecule has 0 unspecified atom stereocenters. The molecule has 0 N–H and O–H groups in total. The standard InChI is InChI=1S/C13H19NO4/c1-5-17-12(15)8-11-10(13(16)18-6-2)7-9(3)14(11)4/h7H,5-6,8H2,1-4H3. The Labute approximate surface area is 107 Å². The third-order valence-corrected chi connectivity index (χ3v) is 2.71. The van der Waals surface area contributed by atoms with E-state index in [1.54, 1.807) is 19.9 Å². The first-order chi connectivity index (χ1) is 8.51. The lowest BCUT2D eigenvalue weighted by molar-refractivity contribution is -0.142. The highest BCUT2D eigenvalue weighted by molar-refractivity contribution is 5.92. The fourth-order valence-electron chi connectivity index (χ4n) is 1.73. The Bertz CT molecular complexity index is 448. The fourth-order valence-corrected chi connectivity index (χ4v) is 1.73. The van der Waals surface area contributed by atoms with Crippen molar-refractivity contribution in [3.63, 3.8) is 0 Å². The molecule has 0 fully saturated rings. The maximum absolute atomic E-state index is 11.8. The molecule has 0 spiro atoms. The highest BCUT2D eigenvalue weighted by Gasteiger charge is 2.20. The van der Waals surface area contributed by atoms with E-state index >= 15 is 0 Å². The summed E-state index contributed by atoms with van der Waals surface area (Å²) in [6.07, 6.45) is 0.0757. The number of hydrogen-bond donors (Lipinski definition) is 0. The molecule has 0 atom stereocenters. The normalized spacial score (nSPS) is 10.2. The molecule has 0 aliphatic carbocycles. The molecule has 100 valence electrons. The maximum Gasteiger partial charge on any atom is 0.339 e. The van der Waals surface area contributed by atoms with Gasteiger partial charge in [-0.15, -0.1) is 0 Å². The lowest BCUT2D eigenvalue weighted by Crippen LogP contribution is -2.15. The van der Waals surface area contributed by atoms with Gasteiger partial charge in [-0.3, -0.25) is 4.79 Å². The van der Waals surface area contributed by atoms with E-state index in [1.165, 1.54) is 0 Å². The van der Waals surface area contributed by atoms with Crippen LogP contribution in [-0.2, 0) is 27.7 Å². The summed E-state index contributed by atoms with van der Waals surface area (Å²) in [5, 5.41) is 0. The van der Waals surface area contributed by atoms with Gasteiger partial charge in [0.1, 0.15) is 0 Å². The summed E-state index contributed by atoms with van der Waals surface area (Å²) < 4.78 is 11.7. The van der Waals surface area contributed by atoms with Crippen molar-refractivity contribution in [1.29, 1.82) is 0 Å². The lowest BCUT2D eigenvalue weighted by Gasteiger charge is -2.07. The molecular formula is C13H19NO4. The number of ether oxygens (including phenoxy) is 2. The third-order valence-electron chi connectivity index (χ3n) is 2.71. The van der Waals surface area contributed by atoms with Gasteiger partial charge in [-0.25, -0.2) is 4.79 Å². The number of esters is 2. The van der Waals surface area contributed by atoms with Crippen LogP contribution in [-0.4, -0.2) is 29.7 Å². The van der Waals surface area contributed by atoms with E-state index in [1.807, 2.05) is 18.5 Å². The van der Waals surface area contributed by atoms with Crippen LogP contribution in [0.15, 0.2) is 6.07 Å². The summed E-state index contributed by atoms with van der Waals surface area (Å²) in [7, 11) is 1.81. The van der Waals surface area contributed by atoms with Gasteiger partial charge in [-0.2, -0.15) is 0 Å². The minimum atomic E-state index is -0.402. The molecule has 5 nitrogen and oxygen atoms in total. The Morgan fingerprint density at radius 3 is 2.39 bits per heavy atom. The number of rotatable bonds is 5. The topological polar surface area (TPSA) is 57.5 Å². The molecule has 5 heteroatoms. The van der Waals surface area contributed by atoms with Crippen molar-refractivity contribution in [3.8, 4) is 0 Å². The number of aryl methyl sites for hydroxylation is 1. The van der Waals surface area contributed by atoms with Crippen molar-refractivity contribution in [3.05, 3.63) is 23.0 Å². The van der Waals surface area contributed by atoms with Gasteiger partial charge in [-0.1, -0.05) is 0 Å². The van der Waals surface area contributed by atoms with Crippen molar-refractivity contribution in [2.24, 2.45) is 7.05 Å². The van der Waals surface area contributed by atoms with Gasteiger partial charge in [-0.05, 0) is 26.8 Å². The predicted molar refractivity (Wildman–Crippen MR) is 66.4 cm³/mol. The second-order valence-corrected chi connectivity index (χ2v) is 3.91. The van der Waals surface area contributed by atoms with Gasteiger partial charge in [0, 0.05) is 18.4 Å². The van der Waals surface area contributed by atoms with E-state index < -0.39 is 5.97 Å². The maximum atomic E-state index is 11.8. The molecule has 0 saturated heterocycles. The van der Waals surface area contributed by atoms with Crippen LogP contribution >= 0.6 is 0 Å². The van der Waals surface area contributed by atoms with Crippen LogP contribution in [0.4, 0.5) is 0 Å². The predicted octanol–water partition coefficient (Wildman–Crippen LogP) is 1.62. The molecule has 0 aliphatic heterocycles. The summed E-state index contributed by atoms with van der Waals surface area (Å²) in [5.74, 6) is -0.746. The van der Waals surface area contributed by atoms with Gasteiger partial charge < -0.3 is 14.0 Å². The first kappa shape index (κ1) is 14.3. The van der Waals surface area contributed by atoms with Crippen LogP contribution in [0.2, 0.25) is 0 Å². The monoisotopic (exact) mass is 253 g/mol. The zero-order valence-corrected chi connectivity index (χ0v) is 11.3. The lowest BCUT2D eigenvalue weighted by atomic mass is 10.2. The SMILES string of the molecule is CCOC(=O)Cc1c(C(=O)OCC)cc(C)n1C. The van der Waals surface area contributed by atoms with Crippen LogP contribution in [0.5, 0.6) is 0 Å². The number of hydrogen-bond acceptors (Lipinski definition) is 4. The highest BCUT2D eigenvalue weighted by atomic mass is 16.5. The van der Waals surface area contributed by atoms with Crippen LogP contribution < -0.4 is 0 Å². The van der Waals surface area contributed by atoms with Gasteiger partial charge in [0.05, 0.1) is 25.2 Å². The van der Waals surface area contributed by atoms with Gasteiger partial charge in [0.25, 0.3) is 0 Å². The molecule has 1 rings (SSSR count). The van der Waals surface area contributed by atoms with Crippen molar-refractivity contribution in [2.75, 3.05) is 13.2 Å². The summed E-state index contributed by atoms with van der Waals surface area (Å²) in [4.78, 5) is 23.3. The summed E-state index contributed by atoms with van der Waals surface area (Å²) in [5.41, 5.74) is 1.96. The second-order valence-electron chi connectivity index (χ2n) is 3.91. The minimum Gasteiger partial charge on any atom is -0.466 e. The average Bonchev–Trinajstić information content (AvgIpc) is 2.58. The highest BCUT2D eigenvalue weighted by Crippen LogP contribution is 2.17. The Morgan fingerprint density at radius 2 is 1.83 bits per heavy atom. The zero-order chi connectivity index (χ0) is 13.7. The van der Waals surface area contributed by atoms with Gasteiger partial charge >= 0.3 is 11.9 Å². The van der Waals surface area contributed by atoms with Crippen LogP contribution in [0.1, 0.15) is 35.6 Å². The molecule has 0 bridgehead atoms. The first-order valence-corrected chi connectivity index (χ1v) is 5.99. The molecule has 1 aromatic rings. The van der Waals surface area contributed by atoms with Crippen LogP contribution in [0, 0.1) is 6.92 Å². The van der Waals surface area contributed by atoms with Crippen molar-refractivity contribution in [2.45, 2.75) is 27.2 Å². The van der Waals surface area contributed by atoms with E-state index in [0.29, 0.717) is 24.5 Å². The number of carbonyl (C=O) groups excluding carboxylic acids is 2. The molecule has 0 amide bonds. The summed E-state index contributed by atoms with van der Waals surface area (Å²) in [6, 6.07) is 1.73. The van der Waals surface area contributed by atoms with Crippen LogP contribution in [0.25, 0.3) is 0 Å². The molecule has 0 aromatic carbocycles. The molecule has 0 radical (unpaired) electrons. The van der Waals surface area contributed by atoms with Crippen molar-refractivity contribution < 1.29 is 19.1 Å². The number of nitrogens with zero attached hydrogens (tertiary/aromatic N) is 1. The molecule has 0 saturated carbocycles. The fraction of sp³-hybridized carbons (Fsp3) is 0.538. The minimum absolute atomic E-state index is 0.0757. The van der Waals surface area contributed by atoms with Crippen molar-refractivity contribution in [1.82, 2.24) is 4.57 Å². The largest absolute Gasteiger partial charge is 0.466 e. The average molecular weight is 253 g/mol. The van der Waals surface area contributed by atoms with E-state index in [2.05, 4.69) is 0 Å². The third kappa shape index (κ3) is 3.12. The van der Waals surface area contributed by atoms with E-state index in [0.717, 1.165) is 5.69 Å². The quantitative estimate of drug-likeness (QED) is 0.748. The van der Waals surface area contributed by atoms with Gasteiger partial charge in [0.15, 0.2) is 0 Å². The Morgan fingerprint density at radius 1 is 1.22 bits per heavy atom. The smallest absolute Gasteiger partial charge is 0.339 e. The molecule has 1 heterocycles. The number of aromatic nitrogens is 1.